The summed E-state index contributed by atoms with van der Waals surface area (Å²) in [6, 6.07) is 0. The summed E-state index contributed by atoms with van der Waals surface area (Å²) in [5.41, 5.74) is 0. The predicted octanol–water partition coefficient (Wildman–Crippen LogP) is -0.203. The first-order valence-corrected chi connectivity index (χ1v) is 0.718. The van der Waals surface area contributed by atoms with Gasteiger partial charge in [-0.05, 0) is 0 Å². The maximum atomic E-state index is 8.36. The van der Waals surface area contributed by atoms with E-state index in [1.807, 2.05) is 0 Å². The van der Waals surface area contributed by atoms with E-state index >= 15 is 0 Å². The molecule has 0 unspecified atom stereocenters. The van der Waals surface area contributed by atoms with E-state index in [0.717, 1.165) is 0 Å². The molecule has 0 bridgehead atoms. The molecule has 0 amide bonds. The minimum Gasteiger partial charge on any atom is -0.512 e. The first-order valence-electron chi connectivity index (χ1n) is 0.718. The summed E-state index contributed by atoms with van der Waals surface area (Å²) < 4.78 is 0. The molecule has 0 aliphatic heterocycles. The van der Waals surface area contributed by atoms with Gasteiger partial charge >= 0.3 is 0 Å². The molecule has 0 radical (unpaired) electrons. The van der Waals surface area contributed by atoms with Gasteiger partial charge in [0.15, 0.2) is 0 Å². The standard InChI is InChI=1S/CN.CH2O2/c1-2;2-1-3/h;1H,(H,2,3)/q-1;. The third kappa shape index (κ3) is 2.52. The summed E-state index contributed by atoms with van der Waals surface area (Å²) in [6.07, 6.45) is 0. The van der Waals surface area contributed by atoms with Crippen molar-refractivity contribution < 1.29 is 9.90 Å². The zero-order valence-corrected chi connectivity index (χ0v) is 2.38. The Morgan fingerprint density at radius 1 is 1.80 bits per heavy atom. The van der Waals surface area contributed by atoms with Crippen LogP contribution in [0, 0.1) is 11.8 Å². The molecule has 0 aromatic heterocycles. The van der Waals surface area contributed by atoms with Gasteiger partial charge in [-0.1, -0.05) is 0 Å². The van der Waals surface area contributed by atoms with Gasteiger partial charge in [0.1, 0.15) is 0 Å². The molecular formula is C2H2NO2-. The monoisotopic (exact) mass is 72.0 g/mol. The molecule has 0 aromatic rings. The molecule has 0 aliphatic carbocycles. The summed E-state index contributed by atoms with van der Waals surface area (Å²) in [5.74, 6) is 0. The maximum absolute atomic E-state index is 8.36. The smallest absolute Gasteiger partial charge is 0.290 e. The SMILES string of the molecule is O=CO.[C-]#N. The Hall–Kier alpha value is -1.04. The third-order valence-electron chi connectivity index (χ3n) is 0. The van der Waals surface area contributed by atoms with Gasteiger partial charge in [-0.3, -0.25) is 4.79 Å². The fourth-order valence-corrected chi connectivity index (χ4v) is 0. The van der Waals surface area contributed by atoms with E-state index < -0.39 is 0 Å². The quantitative estimate of drug-likeness (QED) is 0.318. The van der Waals surface area contributed by atoms with Crippen molar-refractivity contribution in [2.75, 3.05) is 0 Å². The molecule has 0 aromatic carbocycles. The number of carbonyl (C=O) groups is 1. The first-order chi connectivity index (χ1) is 2.41. The number of rotatable bonds is 0. The van der Waals surface area contributed by atoms with Crippen LogP contribution in [0.25, 0.3) is 0 Å². The normalized spacial score (nSPS) is 2.80. The van der Waals surface area contributed by atoms with Crippen LogP contribution >= 0.6 is 0 Å². The Morgan fingerprint density at radius 3 is 1.80 bits per heavy atom. The van der Waals surface area contributed by atoms with Crippen molar-refractivity contribution in [3.05, 3.63) is 6.57 Å². The van der Waals surface area contributed by atoms with E-state index in [1.165, 1.54) is 0 Å². The van der Waals surface area contributed by atoms with Crippen LogP contribution in [0.5, 0.6) is 0 Å². The topological polar surface area (TPSA) is 61.1 Å². The van der Waals surface area contributed by atoms with Crippen LogP contribution in [-0.4, -0.2) is 11.6 Å². The van der Waals surface area contributed by atoms with Crippen LogP contribution in [0.1, 0.15) is 0 Å². The van der Waals surface area contributed by atoms with Crippen LogP contribution in [0.15, 0.2) is 0 Å². The zero-order valence-electron chi connectivity index (χ0n) is 2.38. The van der Waals surface area contributed by atoms with Crippen molar-refractivity contribution in [1.82, 2.24) is 0 Å². The van der Waals surface area contributed by atoms with E-state index in [0.29, 0.717) is 0 Å². The lowest BCUT2D eigenvalue weighted by molar-refractivity contribution is -0.122. The molecule has 0 heterocycles. The summed E-state index contributed by atoms with van der Waals surface area (Å²) >= 11 is 0. The summed E-state index contributed by atoms with van der Waals surface area (Å²) in [6.45, 7) is 4.50. The van der Waals surface area contributed by atoms with E-state index in [1.54, 1.807) is 0 Å². The molecule has 0 saturated carbocycles. The molecule has 3 nitrogen and oxygen atoms in total. The second kappa shape index (κ2) is 7110. The third-order valence-corrected chi connectivity index (χ3v) is 0. The fourth-order valence-electron chi connectivity index (χ4n) is 0. The second-order valence-corrected chi connectivity index (χ2v) is 0.105. The van der Waals surface area contributed by atoms with Crippen molar-refractivity contribution in [2.45, 2.75) is 0 Å². The first kappa shape index (κ1) is 9.03. The molecule has 3 heteroatoms. The molecule has 1 N–H and O–H groups in total. The molecule has 0 rings (SSSR count). The van der Waals surface area contributed by atoms with E-state index in [-0.39, 0.29) is 6.47 Å². The lowest BCUT2D eigenvalue weighted by atomic mass is 11.7. The van der Waals surface area contributed by atoms with E-state index in [9.17, 15) is 0 Å². The van der Waals surface area contributed by atoms with Crippen molar-refractivity contribution in [2.24, 2.45) is 0 Å². The van der Waals surface area contributed by atoms with Crippen molar-refractivity contribution in [3.63, 3.8) is 0 Å². The Labute approximate surface area is 29.5 Å². The Balaban J connectivity index is 0. The number of hydrogen-bond donors (Lipinski definition) is 1. The van der Waals surface area contributed by atoms with Gasteiger partial charge in [0.2, 0.25) is 0 Å². The minimum atomic E-state index is -0.250. The minimum absolute atomic E-state index is 0.250. The van der Waals surface area contributed by atoms with E-state index in [2.05, 4.69) is 0 Å². The van der Waals surface area contributed by atoms with E-state index in [4.69, 9.17) is 21.7 Å². The molecule has 0 saturated heterocycles. The highest BCUT2D eigenvalue weighted by Crippen LogP contribution is 0.966. The highest BCUT2D eigenvalue weighted by molar-refractivity contribution is 5.32. The van der Waals surface area contributed by atoms with Crippen molar-refractivity contribution >= 4 is 6.47 Å². The van der Waals surface area contributed by atoms with Gasteiger partial charge in [0, 0.05) is 0 Å². The fraction of sp³-hybridized carbons (Fsp3) is 0. The average molecular weight is 72.0 g/mol. The zero-order chi connectivity index (χ0) is 4.71. The van der Waals surface area contributed by atoms with Gasteiger partial charge in [-0.25, -0.2) is 0 Å². The van der Waals surface area contributed by atoms with Crippen LogP contribution < -0.4 is 0 Å². The van der Waals surface area contributed by atoms with Gasteiger partial charge in [0.25, 0.3) is 6.47 Å². The van der Waals surface area contributed by atoms with Crippen molar-refractivity contribution in [1.29, 1.82) is 5.26 Å². The molecule has 0 fully saturated rings. The van der Waals surface area contributed by atoms with Crippen LogP contribution in [0.4, 0.5) is 0 Å². The van der Waals surface area contributed by atoms with Gasteiger partial charge in [0.05, 0.1) is 0 Å². The summed E-state index contributed by atoms with van der Waals surface area (Å²) in [7, 11) is 0. The summed E-state index contributed by atoms with van der Waals surface area (Å²) in [5, 5.41) is 13.1. The Bertz CT molecular complexity index is 31.9. The predicted molar refractivity (Wildman–Crippen MR) is 13.7 cm³/mol. The highest BCUT2D eigenvalue weighted by Gasteiger charge is 1.22. The van der Waals surface area contributed by atoms with Gasteiger partial charge in [-0.2, -0.15) is 0 Å². The van der Waals surface area contributed by atoms with Gasteiger partial charge in [-0.15, -0.1) is 0 Å². The number of nitrogens with zero attached hydrogens (tertiary/aromatic N) is 1. The average Bonchev–Trinajstić information content (AvgIpc) is 1.46. The molecule has 0 atom stereocenters. The molecule has 0 aliphatic rings. The number of carboxylic acid groups (broad SMARTS) is 1. The summed E-state index contributed by atoms with van der Waals surface area (Å²) in [4.78, 5) is 8.36. The lowest BCUT2D eigenvalue weighted by Crippen LogP contribution is -1.49. The molecular weight excluding hydrogens is 70.0 g/mol. The Kier molecular flexibility index (Phi) is 12800. The highest BCUT2D eigenvalue weighted by atomic mass is 16.3. The second-order valence-electron chi connectivity index (χ2n) is 0.105. The lowest BCUT2D eigenvalue weighted by Gasteiger charge is -1.34. The molecule has 5 heavy (non-hydrogen) atoms. The van der Waals surface area contributed by atoms with Crippen molar-refractivity contribution in [3.8, 4) is 0 Å². The number of hydrogen-bond acceptors (Lipinski definition) is 2. The molecule has 0 spiro atoms. The van der Waals surface area contributed by atoms with Crippen LogP contribution in [0.2, 0.25) is 0 Å². The maximum Gasteiger partial charge on any atom is 0.290 e. The Morgan fingerprint density at radius 2 is 1.80 bits per heavy atom. The largest absolute Gasteiger partial charge is 0.512 e. The van der Waals surface area contributed by atoms with Crippen LogP contribution in [-0.2, 0) is 4.79 Å². The molecule has 28 valence electrons. The van der Waals surface area contributed by atoms with Crippen LogP contribution in [0.3, 0.4) is 0 Å². The van der Waals surface area contributed by atoms with Gasteiger partial charge < -0.3 is 16.9 Å².